The van der Waals surface area contributed by atoms with Gasteiger partial charge in [0.05, 0.1) is 0 Å². The number of hydrogen-bond acceptors (Lipinski definition) is 3. The van der Waals surface area contributed by atoms with Crippen LogP contribution in [0.15, 0.2) is 34.7 Å². The third kappa shape index (κ3) is 2.85. The number of amides is 1. The second-order valence-electron chi connectivity index (χ2n) is 3.76. The Hall–Kier alpha value is -1.81. The van der Waals surface area contributed by atoms with Crippen molar-refractivity contribution in [2.75, 3.05) is 19.6 Å². The summed E-state index contributed by atoms with van der Waals surface area (Å²) in [5.74, 6) is 0.196. The maximum atomic E-state index is 11.7. The number of benzene rings is 1. The van der Waals surface area contributed by atoms with E-state index in [0.717, 1.165) is 24.1 Å². The lowest BCUT2D eigenvalue weighted by molar-refractivity contribution is 0.0928. The Balaban J connectivity index is 1.99. The van der Waals surface area contributed by atoms with Gasteiger partial charge >= 0.3 is 0 Å². The molecule has 1 heterocycles. The van der Waals surface area contributed by atoms with E-state index in [1.807, 2.05) is 31.2 Å². The molecule has 1 aromatic heterocycles. The van der Waals surface area contributed by atoms with Crippen LogP contribution in [-0.2, 0) is 0 Å². The summed E-state index contributed by atoms with van der Waals surface area (Å²) in [4.78, 5) is 11.7. The van der Waals surface area contributed by atoms with Crippen molar-refractivity contribution in [3.63, 3.8) is 0 Å². The molecule has 1 aromatic carbocycles. The van der Waals surface area contributed by atoms with Crippen LogP contribution in [0.5, 0.6) is 0 Å². The van der Waals surface area contributed by atoms with Gasteiger partial charge < -0.3 is 15.1 Å². The summed E-state index contributed by atoms with van der Waals surface area (Å²) in [5, 5.41) is 6.88. The predicted molar refractivity (Wildman–Crippen MR) is 67.1 cm³/mol. The Morgan fingerprint density at radius 3 is 2.88 bits per heavy atom. The van der Waals surface area contributed by atoms with E-state index in [0.29, 0.717) is 12.3 Å². The van der Waals surface area contributed by atoms with Crippen LogP contribution < -0.4 is 10.6 Å². The van der Waals surface area contributed by atoms with Gasteiger partial charge in [0, 0.05) is 18.5 Å². The molecule has 0 fully saturated rings. The Labute approximate surface area is 100.0 Å². The molecular weight excluding hydrogens is 216 g/mol. The van der Waals surface area contributed by atoms with Crippen molar-refractivity contribution >= 4 is 16.9 Å². The number of rotatable bonds is 5. The van der Waals surface area contributed by atoms with Crippen LogP contribution in [0.1, 0.15) is 17.5 Å². The second-order valence-corrected chi connectivity index (χ2v) is 3.76. The summed E-state index contributed by atoms with van der Waals surface area (Å²) < 4.78 is 5.45. The molecule has 0 aliphatic rings. The highest BCUT2D eigenvalue weighted by Crippen LogP contribution is 2.18. The van der Waals surface area contributed by atoms with Crippen LogP contribution in [-0.4, -0.2) is 25.5 Å². The molecular formula is C13H16N2O2. The lowest BCUT2D eigenvalue weighted by Gasteiger charge is -2.02. The number of furan rings is 1. The highest BCUT2D eigenvalue weighted by Gasteiger charge is 2.10. The van der Waals surface area contributed by atoms with Gasteiger partial charge in [-0.05, 0) is 18.7 Å². The molecule has 2 aromatic rings. The van der Waals surface area contributed by atoms with E-state index in [-0.39, 0.29) is 5.91 Å². The van der Waals surface area contributed by atoms with Gasteiger partial charge in [0.15, 0.2) is 5.76 Å². The van der Waals surface area contributed by atoms with Crippen molar-refractivity contribution in [1.29, 1.82) is 0 Å². The van der Waals surface area contributed by atoms with Gasteiger partial charge in [-0.1, -0.05) is 25.1 Å². The predicted octanol–water partition coefficient (Wildman–Crippen LogP) is 1.77. The third-order valence-corrected chi connectivity index (χ3v) is 2.49. The van der Waals surface area contributed by atoms with E-state index in [4.69, 9.17) is 4.42 Å². The molecule has 2 N–H and O–H groups in total. The van der Waals surface area contributed by atoms with E-state index < -0.39 is 0 Å². The summed E-state index contributed by atoms with van der Waals surface area (Å²) in [7, 11) is 0. The summed E-state index contributed by atoms with van der Waals surface area (Å²) in [6.45, 7) is 4.30. The average Bonchev–Trinajstić information content (AvgIpc) is 2.78. The minimum absolute atomic E-state index is 0.167. The van der Waals surface area contributed by atoms with E-state index in [1.165, 1.54) is 0 Å². The fourth-order valence-corrected chi connectivity index (χ4v) is 1.62. The van der Waals surface area contributed by atoms with Crippen LogP contribution in [0.3, 0.4) is 0 Å². The van der Waals surface area contributed by atoms with Crippen molar-refractivity contribution in [3.05, 3.63) is 36.1 Å². The first-order valence-electron chi connectivity index (χ1n) is 5.78. The number of nitrogens with one attached hydrogen (secondary N) is 2. The van der Waals surface area contributed by atoms with Crippen molar-refractivity contribution < 1.29 is 9.21 Å². The quantitative estimate of drug-likeness (QED) is 0.772. The van der Waals surface area contributed by atoms with Crippen molar-refractivity contribution in [2.45, 2.75) is 6.92 Å². The SMILES string of the molecule is CCNCCNC(=O)c1cc2ccccc2o1. The largest absolute Gasteiger partial charge is 0.451 e. The molecule has 0 spiro atoms. The molecule has 4 heteroatoms. The molecule has 2 rings (SSSR count). The van der Waals surface area contributed by atoms with Crippen molar-refractivity contribution in [1.82, 2.24) is 10.6 Å². The van der Waals surface area contributed by atoms with Crippen LogP contribution in [0.4, 0.5) is 0 Å². The number of likely N-dealkylation sites (N-methyl/N-ethyl adjacent to an activating group) is 1. The first-order chi connectivity index (χ1) is 8.31. The maximum absolute atomic E-state index is 11.7. The highest BCUT2D eigenvalue weighted by molar-refractivity contribution is 5.96. The first kappa shape index (κ1) is 11.7. The standard InChI is InChI=1S/C13H16N2O2/c1-2-14-7-8-15-13(16)12-9-10-5-3-4-6-11(10)17-12/h3-6,9,14H,2,7-8H2,1H3,(H,15,16). The van der Waals surface area contributed by atoms with Gasteiger partial charge in [-0.3, -0.25) is 4.79 Å². The molecule has 0 saturated carbocycles. The fraction of sp³-hybridized carbons (Fsp3) is 0.308. The number of carbonyl (C=O) groups excluding carboxylic acids is 1. The zero-order valence-corrected chi connectivity index (χ0v) is 9.82. The Morgan fingerprint density at radius 2 is 2.12 bits per heavy atom. The molecule has 0 bridgehead atoms. The third-order valence-electron chi connectivity index (χ3n) is 2.49. The van der Waals surface area contributed by atoms with Gasteiger partial charge in [0.2, 0.25) is 0 Å². The lowest BCUT2D eigenvalue weighted by atomic mass is 10.2. The smallest absolute Gasteiger partial charge is 0.287 e. The zero-order valence-electron chi connectivity index (χ0n) is 9.82. The normalized spacial score (nSPS) is 10.6. The number of fused-ring (bicyclic) bond motifs is 1. The lowest BCUT2D eigenvalue weighted by Crippen LogP contribution is -2.31. The second kappa shape index (κ2) is 5.50. The monoisotopic (exact) mass is 232 g/mol. The van der Waals surface area contributed by atoms with Crippen molar-refractivity contribution in [2.24, 2.45) is 0 Å². The van der Waals surface area contributed by atoms with E-state index in [9.17, 15) is 4.79 Å². The zero-order chi connectivity index (χ0) is 12.1. The molecule has 0 saturated heterocycles. The van der Waals surface area contributed by atoms with Gasteiger partial charge in [0.1, 0.15) is 5.58 Å². The highest BCUT2D eigenvalue weighted by atomic mass is 16.3. The van der Waals surface area contributed by atoms with E-state index in [1.54, 1.807) is 6.07 Å². The molecule has 1 amide bonds. The van der Waals surface area contributed by atoms with Crippen LogP contribution in [0.2, 0.25) is 0 Å². The molecule has 17 heavy (non-hydrogen) atoms. The van der Waals surface area contributed by atoms with Crippen LogP contribution >= 0.6 is 0 Å². The molecule has 90 valence electrons. The number of hydrogen-bond donors (Lipinski definition) is 2. The maximum Gasteiger partial charge on any atom is 0.287 e. The fourth-order valence-electron chi connectivity index (χ4n) is 1.62. The summed E-state index contributed by atoms with van der Waals surface area (Å²) >= 11 is 0. The van der Waals surface area contributed by atoms with E-state index in [2.05, 4.69) is 10.6 Å². The van der Waals surface area contributed by atoms with Crippen LogP contribution in [0, 0.1) is 0 Å². The van der Waals surface area contributed by atoms with Gasteiger partial charge in [-0.15, -0.1) is 0 Å². The molecule has 0 atom stereocenters. The molecule has 0 radical (unpaired) electrons. The summed E-state index contributed by atoms with van der Waals surface area (Å²) in [6, 6.07) is 9.35. The van der Waals surface area contributed by atoms with Crippen molar-refractivity contribution in [3.8, 4) is 0 Å². The average molecular weight is 232 g/mol. The minimum atomic E-state index is -0.167. The molecule has 0 unspecified atom stereocenters. The Bertz CT molecular complexity index is 472. The Morgan fingerprint density at radius 1 is 1.29 bits per heavy atom. The molecule has 4 nitrogen and oxygen atoms in total. The summed E-state index contributed by atoms with van der Waals surface area (Å²) in [6.07, 6.45) is 0. The number of carbonyl (C=O) groups is 1. The Kier molecular flexibility index (Phi) is 3.77. The summed E-state index contributed by atoms with van der Waals surface area (Å²) in [5.41, 5.74) is 0.740. The van der Waals surface area contributed by atoms with Crippen LogP contribution in [0.25, 0.3) is 11.0 Å². The topological polar surface area (TPSA) is 54.3 Å². The van der Waals surface area contributed by atoms with Gasteiger partial charge in [0.25, 0.3) is 5.91 Å². The number of para-hydroxylation sites is 1. The first-order valence-corrected chi connectivity index (χ1v) is 5.78. The van der Waals surface area contributed by atoms with E-state index >= 15 is 0 Å². The molecule has 0 aliphatic carbocycles. The van der Waals surface area contributed by atoms with Gasteiger partial charge in [-0.2, -0.15) is 0 Å². The van der Waals surface area contributed by atoms with Gasteiger partial charge in [-0.25, -0.2) is 0 Å². The minimum Gasteiger partial charge on any atom is -0.451 e. The molecule has 0 aliphatic heterocycles.